The molecule has 2 unspecified atom stereocenters. The Morgan fingerprint density at radius 3 is 2.68 bits per heavy atom. The van der Waals surface area contributed by atoms with Gasteiger partial charge in [-0.2, -0.15) is 4.31 Å². The third kappa shape index (κ3) is 3.23. The van der Waals surface area contributed by atoms with Gasteiger partial charge in [-0.15, -0.1) is 0 Å². The van der Waals surface area contributed by atoms with Gasteiger partial charge in [0.1, 0.15) is 0 Å². The Hall–Kier alpha value is -1.17. The number of benzene rings is 1. The standard InChI is InChI=1S/C14H19NO3S/c1-12-7-9-15(14(12)11-16)19(17,18)10-8-13-5-3-2-4-6-13/h2-6,8,10,12,14,16H,7,9,11H2,1H3/b10-8+. The van der Waals surface area contributed by atoms with Crippen LogP contribution in [0.1, 0.15) is 18.9 Å². The lowest BCUT2D eigenvalue weighted by atomic mass is 10.0. The van der Waals surface area contributed by atoms with Crippen LogP contribution in [0.25, 0.3) is 6.08 Å². The van der Waals surface area contributed by atoms with Gasteiger partial charge in [-0.05, 0) is 24.0 Å². The molecule has 1 aliphatic heterocycles. The van der Waals surface area contributed by atoms with E-state index in [0.29, 0.717) is 6.54 Å². The molecule has 1 aliphatic rings. The fourth-order valence-corrected chi connectivity index (χ4v) is 3.86. The van der Waals surface area contributed by atoms with Crippen LogP contribution in [0.15, 0.2) is 35.7 Å². The summed E-state index contributed by atoms with van der Waals surface area (Å²) >= 11 is 0. The summed E-state index contributed by atoms with van der Waals surface area (Å²) in [5.41, 5.74) is 0.846. The average molecular weight is 281 g/mol. The summed E-state index contributed by atoms with van der Waals surface area (Å²) in [6.45, 7) is 2.32. The molecule has 1 fully saturated rings. The van der Waals surface area contributed by atoms with Gasteiger partial charge in [-0.3, -0.25) is 0 Å². The monoisotopic (exact) mass is 281 g/mol. The van der Waals surface area contributed by atoms with Crippen molar-refractivity contribution in [2.45, 2.75) is 19.4 Å². The highest BCUT2D eigenvalue weighted by Crippen LogP contribution is 2.27. The molecule has 2 atom stereocenters. The molecule has 104 valence electrons. The van der Waals surface area contributed by atoms with E-state index in [4.69, 9.17) is 0 Å². The molecule has 0 radical (unpaired) electrons. The Kier molecular flexibility index (Phi) is 4.39. The summed E-state index contributed by atoms with van der Waals surface area (Å²) < 4.78 is 25.9. The van der Waals surface area contributed by atoms with Gasteiger partial charge >= 0.3 is 0 Å². The lowest BCUT2D eigenvalue weighted by Crippen LogP contribution is -2.38. The number of sulfonamides is 1. The molecular weight excluding hydrogens is 262 g/mol. The van der Waals surface area contributed by atoms with Crippen LogP contribution < -0.4 is 0 Å². The molecular formula is C14H19NO3S. The van der Waals surface area contributed by atoms with Gasteiger partial charge in [0.2, 0.25) is 10.0 Å². The van der Waals surface area contributed by atoms with Gasteiger partial charge in [0, 0.05) is 12.0 Å². The summed E-state index contributed by atoms with van der Waals surface area (Å²) in [6.07, 6.45) is 2.39. The van der Waals surface area contributed by atoms with Crippen LogP contribution in [0.2, 0.25) is 0 Å². The highest BCUT2D eigenvalue weighted by Gasteiger charge is 2.37. The minimum absolute atomic E-state index is 0.125. The van der Waals surface area contributed by atoms with Gasteiger partial charge in [0.25, 0.3) is 0 Å². The largest absolute Gasteiger partial charge is 0.395 e. The summed E-state index contributed by atoms with van der Waals surface area (Å²) in [5, 5.41) is 10.6. The van der Waals surface area contributed by atoms with E-state index < -0.39 is 10.0 Å². The number of aliphatic hydroxyl groups excluding tert-OH is 1. The smallest absolute Gasteiger partial charge is 0.236 e. The fraction of sp³-hybridized carbons (Fsp3) is 0.429. The zero-order chi connectivity index (χ0) is 13.9. The molecule has 4 nitrogen and oxygen atoms in total. The highest BCUT2D eigenvalue weighted by molar-refractivity contribution is 7.92. The molecule has 0 spiro atoms. The zero-order valence-electron chi connectivity index (χ0n) is 10.9. The van der Waals surface area contributed by atoms with E-state index in [-0.39, 0.29) is 18.6 Å². The first-order chi connectivity index (χ1) is 9.04. The Labute approximate surface area is 114 Å². The zero-order valence-corrected chi connectivity index (χ0v) is 11.8. The molecule has 0 aromatic heterocycles. The van der Waals surface area contributed by atoms with Gasteiger partial charge in [-0.1, -0.05) is 37.3 Å². The second-order valence-electron chi connectivity index (χ2n) is 4.88. The molecule has 1 aromatic carbocycles. The molecule has 5 heteroatoms. The first-order valence-electron chi connectivity index (χ1n) is 6.40. The van der Waals surface area contributed by atoms with Crippen molar-refractivity contribution in [2.24, 2.45) is 5.92 Å². The van der Waals surface area contributed by atoms with Crippen molar-refractivity contribution in [3.63, 3.8) is 0 Å². The summed E-state index contributed by atoms with van der Waals surface area (Å²) in [6, 6.07) is 9.01. The first-order valence-corrected chi connectivity index (χ1v) is 7.91. The molecule has 0 aliphatic carbocycles. The van der Waals surface area contributed by atoms with Crippen molar-refractivity contribution in [1.82, 2.24) is 4.31 Å². The van der Waals surface area contributed by atoms with Gasteiger partial charge in [0.15, 0.2) is 0 Å². The maximum absolute atomic E-state index is 12.2. The number of hydrogen-bond acceptors (Lipinski definition) is 3. The van der Waals surface area contributed by atoms with Crippen LogP contribution in [-0.4, -0.2) is 37.0 Å². The lowest BCUT2D eigenvalue weighted by molar-refractivity contribution is 0.192. The second kappa shape index (κ2) is 5.86. The van der Waals surface area contributed by atoms with Gasteiger partial charge in [-0.25, -0.2) is 8.42 Å². The summed E-state index contributed by atoms with van der Waals surface area (Å²) in [4.78, 5) is 0. The van der Waals surface area contributed by atoms with Crippen molar-refractivity contribution in [3.05, 3.63) is 41.3 Å². The fourth-order valence-electron chi connectivity index (χ4n) is 2.37. The van der Waals surface area contributed by atoms with Crippen molar-refractivity contribution < 1.29 is 13.5 Å². The Morgan fingerprint density at radius 1 is 1.37 bits per heavy atom. The van der Waals surface area contributed by atoms with Gasteiger partial charge in [0.05, 0.1) is 12.6 Å². The minimum atomic E-state index is -3.46. The maximum atomic E-state index is 12.2. The number of rotatable bonds is 4. The average Bonchev–Trinajstić information content (AvgIpc) is 2.79. The van der Waals surface area contributed by atoms with Crippen LogP contribution in [0.5, 0.6) is 0 Å². The van der Waals surface area contributed by atoms with Crippen molar-refractivity contribution in [1.29, 1.82) is 0 Å². The van der Waals surface area contributed by atoms with E-state index in [1.54, 1.807) is 6.08 Å². The molecule has 1 N–H and O–H groups in total. The maximum Gasteiger partial charge on any atom is 0.236 e. The van der Waals surface area contributed by atoms with Gasteiger partial charge < -0.3 is 5.11 Å². The highest BCUT2D eigenvalue weighted by atomic mass is 32.2. The summed E-state index contributed by atoms with van der Waals surface area (Å²) in [7, 11) is -3.46. The third-order valence-electron chi connectivity index (χ3n) is 3.58. The lowest BCUT2D eigenvalue weighted by Gasteiger charge is -2.22. The predicted octanol–water partition coefficient (Wildman–Crippen LogP) is 1.69. The van der Waals surface area contributed by atoms with E-state index in [9.17, 15) is 13.5 Å². The normalized spacial score (nSPS) is 25.2. The Morgan fingerprint density at radius 2 is 2.05 bits per heavy atom. The molecule has 0 bridgehead atoms. The topological polar surface area (TPSA) is 57.6 Å². The molecule has 19 heavy (non-hydrogen) atoms. The SMILES string of the molecule is CC1CCN(S(=O)(=O)/C=C/c2ccccc2)C1CO. The third-order valence-corrected chi connectivity index (χ3v) is 5.16. The molecule has 1 heterocycles. The molecule has 0 saturated carbocycles. The first kappa shape index (κ1) is 14.2. The number of aliphatic hydroxyl groups is 1. The molecule has 1 aromatic rings. The second-order valence-corrected chi connectivity index (χ2v) is 6.66. The van der Waals surface area contributed by atoms with Crippen LogP contribution in [0.4, 0.5) is 0 Å². The summed E-state index contributed by atoms with van der Waals surface area (Å²) in [5.74, 6) is 0.199. The van der Waals surface area contributed by atoms with E-state index in [0.717, 1.165) is 12.0 Å². The molecule has 2 rings (SSSR count). The predicted molar refractivity (Wildman–Crippen MR) is 75.8 cm³/mol. The van der Waals surface area contributed by atoms with E-state index in [1.165, 1.54) is 9.71 Å². The van der Waals surface area contributed by atoms with Crippen LogP contribution in [0.3, 0.4) is 0 Å². The minimum Gasteiger partial charge on any atom is -0.395 e. The Balaban J connectivity index is 2.17. The van der Waals surface area contributed by atoms with Crippen LogP contribution in [-0.2, 0) is 10.0 Å². The van der Waals surface area contributed by atoms with Crippen LogP contribution >= 0.6 is 0 Å². The van der Waals surface area contributed by atoms with E-state index >= 15 is 0 Å². The van der Waals surface area contributed by atoms with Crippen molar-refractivity contribution in [3.8, 4) is 0 Å². The Bertz CT molecular complexity index is 539. The van der Waals surface area contributed by atoms with Crippen molar-refractivity contribution >= 4 is 16.1 Å². The van der Waals surface area contributed by atoms with Crippen molar-refractivity contribution in [2.75, 3.05) is 13.2 Å². The molecule has 1 saturated heterocycles. The number of nitrogens with zero attached hydrogens (tertiary/aromatic N) is 1. The quantitative estimate of drug-likeness (QED) is 0.913. The molecule has 0 amide bonds. The van der Waals surface area contributed by atoms with Crippen LogP contribution in [0, 0.1) is 5.92 Å². The van der Waals surface area contributed by atoms with E-state index in [2.05, 4.69) is 0 Å². The van der Waals surface area contributed by atoms with E-state index in [1.807, 2.05) is 37.3 Å². The number of hydrogen-bond donors (Lipinski definition) is 1.